The quantitative estimate of drug-likeness (QED) is 0.358. The van der Waals surface area contributed by atoms with Crippen LogP contribution in [0.5, 0.6) is 0 Å². The molecule has 0 spiro atoms. The number of azo groups is 1. The molecule has 6 heteroatoms. The summed E-state index contributed by atoms with van der Waals surface area (Å²) in [5, 5.41) is 18.7. The van der Waals surface area contributed by atoms with Gasteiger partial charge in [0.2, 0.25) is 0 Å². The molecule has 1 N–H and O–H groups in total. The molecule has 1 heterocycles. The van der Waals surface area contributed by atoms with Crippen LogP contribution in [0.1, 0.15) is 30.4 Å². The molecule has 6 nitrogen and oxygen atoms in total. The van der Waals surface area contributed by atoms with Crippen molar-refractivity contribution in [2.24, 2.45) is 10.2 Å². The molecular formula is C22H23N3O3. The summed E-state index contributed by atoms with van der Waals surface area (Å²) in [6, 6.07) is 15.9. The second kappa shape index (κ2) is 9.08. The molecule has 0 bridgehead atoms. The highest BCUT2D eigenvalue weighted by atomic mass is 16.3. The van der Waals surface area contributed by atoms with E-state index in [-0.39, 0.29) is 11.5 Å². The van der Waals surface area contributed by atoms with Crippen molar-refractivity contribution in [1.29, 1.82) is 0 Å². The van der Waals surface area contributed by atoms with Gasteiger partial charge >= 0.3 is 0 Å². The van der Waals surface area contributed by atoms with Crippen LogP contribution in [0.4, 0.5) is 5.69 Å². The summed E-state index contributed by atoms with van der Waals surface area (Å²) < 4.78 is 0. The van der Waals surface area contributed by atoms with E-state index in [9.17, 15) is 14.7 Å². The third-order valence-electron chi connectivity index (χ3n) is 4.62. The first kappa shape index (κ1) is 19.5. The number of hydrogen-bond donors (Lipinski definition) is 1. The smallest absolute Gasteiger partial charge is 0.296 e. The van der Waals surface area contributed by atoms with E-state index in [0.717, 1.165) is 24.8 Å². The predicted molar refractivity (Wildman–Crippen MR) is 107 cm³/mol. The third kappa shape index (κ3) is 4.71. The Balaban J connectivity index is 1.96. The van der Waals surface area contributed by atoms with E-state index in [4.69, 9.17) is 0 Å². The number of carbonyl (C=O) groups is 2. The minimum absolute atomic E-state index is 0.344. The van der Waals surface area contributed by atoms with Crippen molar-refractivity contribution in [3.63, 3.8) is 0 Å². The van der Waals surface area contributed by atoms with E-state index in [2.05, 4.69) is 10.2 Å². The van der Waals surface area contributed by atoms with E-state index in [1.165, 1.54) is 4.90 Å². The highest BCUT2D eigenvalue weighted by Crippen LogP contribution is 2.22. The average Bonchev–Trinajstić information content (AvgIpc) is 2.75. The Kier molecular flexibility index (Phi) is 6.32. The van der Waals surface area contributed by atoms with Crippen molar-refractivity contribution in [3.8, 4) is 0 Å². The first-order valence-electron chi connectivity index (χ1n) is 9.37. The fourth-order valence-electron chi connectivity index (χ4n) is 2.99. The maximum atomic E-state index is 12.9. The standard InChI is InChI=1S/C22H23N3O3/c1-16-10-12-17(13-11-16)20(26)19(24-23-18-8-4-2-5-9-18)21(27)22(28)25-14-6-3-7-15-25/h2,4-5,8-13,26H,3,6-7,14-15H2,1H3/b20-19+,24-23?. The zero-order valence-corrected chi connectivity index (χ0v) is 15.8. The Labute approximate surface area is 164 Å². The number of carbonyl (C=O) groups excluding carboxylic acids is 2. The van der Waals surface area contributed by atoms with Crippen molar-refractivity contribution < 1.29 is 14.7 Å². The summed E-state index contributed by atoms with van der Waals surface area (Å²) in [7, 11) is 0. The van der Waals surface area contributed by atoms with Gasteiger partial charge in [0.05, 0.1) is 5.69 Å². The number of nitrogens with zero attached hydrogens (tertiary/aromatic N) is 3. The van der Waals surface area contributed by atoms with Gasteiger partial charge in [-0.15, -0.1) is 5.11 Å². The lowest BCUT2D eigenvalue weighted by Gasteiger charge is -2.25. The Hall–Kier alpha value is -3.28. The zero-order chi connectivity index (χ0) is 19.9. The van der Waals surface area contributed by atoms with Gasteiger partial charge in [-0.1, -0.05) is 48.0 Å². The number of ketones is 1. The molecular weight excluding hydrogens is 354 g/mol. The topological polar surface area (TPSA) is 82.3 Å². The number of aliphatic hydroxyl groups excluding tert-OH is 1. The van der Waals surface area contributed by atoms with Gasteiger partial charge in [-0.05, 0) is 38.3 Å². The monoisotopic (exact) mass is 377 g/mol. The second-order valence-corrected chi connectivity index (χ2v) is 6.78. The Morgan fingerprint density at radius 3 is 2.21 bits per heavy atom. The minimum Gasteiger partial charge on any atom is -0.505 e. The largest absolute Gasteiger partial charge is 0.505 e. The van der Waals surface area contributed by atoms with Crippen molar-refractivity contribution >= 4 is 23.1 Å². The lowest BCUT2D eigenvalue weighted by molar-refractivity contribution is -0.143. The lowest BCUT2D eigenvalue weighted by Crippen LogP contribution is -2.40. The SMILES string of the molecule is Cc1ccc(/C(O)=C(\N=Nc2ccccc2)C(=O)C(=O)N2CCCCC2)cc1. The molecule has 28 heavy (non-hydrogen) atoms. The van der Waals surface area contributed by atoms with Crippen LogP contribution in [-0.4, -0.2) is 34.8 Å². The van der Waals surface area contributed by atoms with E-state index in [1.54, 1.807) is 36.4 Å². The van der Waals surface area contributed by atoms with Gasteiger partial charge in [0, 0.05) is 18.7 Å². The molecule has 144 valence electrons. The molecule has 0 saturated carbocycles. The number of piperidine rings is 1. The van der Waals surface area contributed by atoms with Gasteiger partial charge in [-0.2, -0.15) is 5.11 Å². The summed E-state index contributed by atoms with van der Waals surface area (Å²) >= 11 is 0. The van der Waals surface area contributed by atoms with Crippen molar-refractivity contribution in [2.75, 3.05) is 13.1 Å². The van der Waals surface area contributed by atoms with Crippen LogP contribution in [0.3, 0.4) is 0 Å². The highest BCUT2D eigenvalue weighted by Gasteiger charge is 2.29. The molecule has 2 aromatic rings. The molecule has 1 aliphatic rings. The number of rotatable bonds is 5. The molecule has 3 rings (SSSR count). The summed E-state index contributed by atoms with van der Waals surface area (Å²) in [5.41, 5.74) is 1.60. The van der Waals surface area contributed by atoms with Gasteiger partial charge in [0.25, 0.3) is 11.7 Å². The Morgan fingerprint density at radius 2 is 1.57 bits per heavy atom. The molecule has 1 amide bonds. The number of Topliss-reactive ketones (excluding diaryl/α,β-unsaturated/α-hetero) is 1. The van der Waals surface area contributed by atoms with Crippen LogP contribution in [0, 0.1) is 6.92 Å². The van der Waals surface area contributed by atoms with Crippen LogP contribution < -0.4 is 0 Å². The fraction of sp³-hybridized carbons (Fsp3) is 0.273. The first-order valence-corrected chi connectivity index (χ1v) is 9.37. The normalized spacial score (nSPS) is 15.4. The second-order valence-electron chi connectivity index (χ2n) is 6.78. The van der Waals surface area contributed by atoms with Crippen LogP contribution in [0.15, 0.2) is 70.5 Å². The van der Waals surface area contributed by atoms with E-state index < -0.39 is 11.7 Å². The number of hydrogen-bond acceptors (Lipinski definition) is 5. The summed E-state index contributed by atoms with van der Waals surface area (Å²) in [6.45, 7) is 3.00. The van der Waals surface area contributed by atoms with Gasteiger partial charge in [0.15, 0.2) is 11.5 Å². The van der Waals surface area contributed by atoms with E-state index >= 15 is 0 Å². The number of likely N-dealkylation sites (tertiary alicyclic amines) is 1. The zero-order valence-electron chi connectivity index (χ0n) is 15.8. The molecule has 2 aromatic carbocycles. The average molecular weight is 377 g/mol. The molecule has 0 atom stereocenters. The molecule has 0 unspecified atom stereocenters. The van der Waals surface area contributed by atoms with Gasteiger partial charge in [-0.25, -0.2) is 0 Å². The first-order chi connectivity index (χ1) is 13.6. The van der Waals surface area contributed by atoms with Gasteiger partial charge < -0.3 is 10.0 Å². The number of benzene rings is 2. The van der Waals surface area contributed by atoms with E-state index in [1.807, 2.05) is 25.1 Å². The Bertz CT molecular complexity index is 896. The minimum atomic E-state index is -0.848. The summed E-state index contributed by atoms with van der Waals surface area (Å²) in [5.74, 6) is -1.85. The Morgan fingerprint density at radius 1 is 0.929 bits per heavy atom. The van der Waals surface area contributed by atoms with Crippen LogP contribution >= 0.6 is 0 Å². The molecule has 0 aromatic heterocycles. The number of amides is 1. The molecule has 1 aliphatic heterocycles. The van der Waals surface area contributed by atoms with E-state index in [0.29, 0.717) is 24.3 Å². The van der Waals surface area contributed by atoms with Crippen molar-refractivity contribution in [1.82, 2.24) is 4.90 Å². The third-order valence-corrected chi connectivity index (χ3v) is 4.62. The number of aliphatic hydroxyl groups is 1. The lowest BCUT2D eigenvalue weighted by atomic mass is 10.1. The van der Waals surface area contributed by atoms with Crippen LogP contribution in [0.2, 0.25) is 0 Å². The maximum absolute atomic E-state index is 12.9. The van der Waals surface area contributed by atoms with Crippen LogP contribution in [-0.2, 0) is 9.59 Å². The predicted octanol–water partition coefficient (Wildman–Crippen LogP) is 4.59. The molecule has 0 aliphatic carbocycles. The number of aryl methyl sites for hydroxylation is 1. The van der Waals surface area contributed by atoms with Crippen LogP contribution in [0.25, 0.3) is 5.76 Å². The van der Waals surface area contributed by atoms with Crippen molar-refractivity contribution in [2.45, 2.75) is 26.2 Å². The molecule has 1 fully saturated rings. The van der Waals surface area contributed by atoms with Crippen molar-refractivity contribution in [3.05, 3.63) is 71.4 Å². The molecule has 1 saturated heterocycles. The summed E-state index contributed by atoms with van der Waals surface area (Å²) in [4.78, 5) is 27.1. The summed E-state index contributed by atoms with van der Waals surface area (Å²) in [6.07, 6.45) is 2.78. The van der Waals surface area contributed by atoms with Gasteiger partial charge in [-0.3, -0.25) is 9.59 Å². The maximum Gasteiger partial charge on any atom is 0.296 e. The fourth-order valence-corrected chi connectivity index (χ4v) is 2.99. The highest BCUT2D eigenvalue weighted by molar-refractivity contribution is 6.43. The molecule has 0 radical (unpaired) electrons. The van der Waals surface area contributed by atoms with Gasteiger partial charge in [0.1, 0.15) is 0 Å².